The van der Waals surface area contributed by atoms with Gasteiger partial charge >= 0.3 is 0 Å². The molecular weight excluding hydrogens is 300 g/mol. The quantitative estimate of drug-likeness (QED) is 0.779. The van der Waals surface area contributed by atoms with E-state index in [1.54, 1.807) is 23.0 Å². The van der Waals surface area contributed by atoms with Crippen LogP contribution in [0.1, 0.15) is 29.6 Å². The summed E-state index contributed by atoms with van der Waals surface area (Å²) >= 11 is 0. The molecule has 0 spiro atoms. The summed E-state index contributed by atoms with van der Waals surface area (Å²) in [5, 5.41) is 3.44. The smallest absolute Gasteiger partial charge is 0.255 e. The third-order valence-electron chi connectivity index (χ3n) is 4.43. The van der Waals surface area contributed by atoms with E-state index in [-0.39, 0.29) is 17.6 Å². The summed E-state index contributed by atoms with van der Waals surface area (Å²) in [6.45, 7) is 0. The van der Waals surface area contributed by atoms with Crippen molar-refractivity contribution in [3.05, 3.63) is 88.5 Å². The maximum atomic E-state index is 11.9. The van der Waals surface area contributed by atoms with Gasteiger partial charge in [0, 0.05) is 18.3 Å². The highest BCUT2D eigenvalue weighted by Crippen LogP contribution is 2.38. The van der Waals surface area contributed by atoms with E-state index >= 15 is 0 Å². The lowest BCUT2D eigenvalue weighted by Crippen LogP contribution is -2.16. The molecule has 1 aliphatic rings. The summed E-state index contributed by atoms with van der Waals surface area (Å²) in [6, 6.07) is 17.3. The third kappa shape index (κ3) is 2.59. The van der Waals surface area contributed by atoms with Gasteiger partial charge in [0.2, 0.25) is 0 Å². The van der Waals surface area contributed by atoms with Crippen LogP contribution in [0.5, 0.6) is 0 Å². The van der Waals surface area contributed by atoms with Crippen molar-refractivity contribution in [2.24, 2.45) is 5.73 Å². The molecule has 0 radical (unpaired) electrons. The molecule has 120 valence electrons. The second-order valence-electron chi connectivity index (χ2n) is 5.98. The molecule has 2 atom stereocenters. The zero-order valence-corrected chi connectivity index (χ0v) is 13.1. The predicted molar refractivity (Wildman–Crippen MR) is 94.2 cm³/mol. The zero-order chi connectivity index (χ0) is 16.5. The Bertz CT molecular complexity index is 917. The molecule has 5 heteroatoms. The summed E-state index contributed by atoms with van der Waals surface area (Å²) < 4.78 is 1.57. The second-order valence-corrected chi connectivity index (χ2v) is 5.98. The summed E-state index contributed by atoms with van der Waals surface area (Å²) in [5.74, 6) is 0.775. The average molecular weight is 318 g/mol. The number of nitrogens with one attached hydrogen (secondary N) is 1. The molecule has 0 bridgehead atoms. The molecule has 4 rings (SSSR count). The van der Waals surface area contributed by atoms with Gasteiger partial charge in [-0.25, -0.2) is 4.98 Å². The number of pyridine rings is 2. The van der Waals surface area contributed by atoms with Crippen LogP contribution < -0.4 is 16.6 Å². The molecular formula is C19H18N4O. The second kappa shape index (κ2) is 5.94. The fourth-order valence-corrected chi connectivity index (χ4v) is 3.24. The van der Waals surface area contributed by atoms with Gasteiger partial charge in [-0.2, -0.15) is 0 Å². The van der Waals surface area contributed by atoms with Crippen LogP contribution in [0.4, 0.5) is 5.82 Å². The maximum Gasteiger partial charge on any atom is 0.255 e. The number of hydrogen-bond acceptors (Lipinski definition) is 4. The molecule has 5 nitrogen and oxygen atoms in total. The van der Waals surface area contributed by atoms with E-state index in [9.17, 15) is 4.79 Å². The highest BCUT2D eigenvalue weighted by Gasteiger charge is 2.28. The maximum absolute atomic E-state index is 11.9. The number of hydrogen-bond donors (Lipinski definition) is 2. The Morgan fingerprint density at radius 1 is 1.04 bits per heavy atom. The van der Waals surface area contributed by atoms with Crippen LogP contribution in [0, 0.1) is 0 Å². The van der Waals surface area contributed by atoms with Crippen LogP contribution in [-0.4, -0.2) is 9.55 Å². The minimum absolute atomic E-state index is 0.0564. The van der Waals surface area contributed by atoms with Crippen LogP contribution in [0.15, 0.2) is 71.8 Å². The van der Waals surface area contributed by atoms with E-state index in [2.05, 4.69) is 22.4 Å². The van der Waals surface area contributed by atoms with Crippen LogP contribution in [0.3, 0.4) is 0 Å². The van der Waals surface area contributed by atoms with Gasteiger partial charge in [-0.05, 0) is 35.7 Å². The van der Waals surface area contributed by atoms with Gasteiger partial charge in [0.15, 0.2) is 0 Å². The van der Waals surface area contributed by atoms with Gasteiger partial charge in [0.1, 0.15) is 5.82 Å². The molecule has 2 heterocycles. The number of nitrogens with zero attached hydrogens (tertiary/aromatic N) is 2. The monoisotopic (exact) mass is 318 g/mol. The third-order valence-corrected chi connectivity index (χ3v) is 4.43. The van der Waals surface area contributed by atoms with Gasteiger partial charge in [0.05, 0.1) is 17.9 Å². The minimum atomic E-state index is -0.0734. The van der Waals surface area contributed by atoms with Crippen LogP contribution in [0.25, 0.3) is 5.69 Å². The highest BCUT2D eigenvalue weighted by molar-refractivity contribution is 5.47. The van der Waals surface area contributed by atoms with Crippen molar-refractivity contribution in [3.8, 4) is 5.69 Å². The minimum Gasteiger partial charge on any atom is -0.363 e. The molecule has 0 amide bonds. The molecule has 1 aromatic carbocycles. The van der Waals surface area contributed by atoms with Crippen molar-refractivity contribution in [3.63, 3.8) is 0 Å². The van der Waals surface area contributed by atoms with Gasteiger partial charge in [-0.1, -0.05) is 30.3 Å². The van der Waals surface area contributed by atoms with Crippen LogP contribution in [0.2, 0.25) is 0 Å². The lowest BCUT2D eigenvalue weighted by atomic mass is 10.1. The first-order valence-corrected chi connectivity index (χ1v) is 7.97. The molecule has 0 aliphatic heterocycles. The van der Waals surface area contributed by atoms with Gasteiger partial charge in [-0.3, -0.25) is 9.36 Å². The Morgan fingerprint density at radius 3 is 2.58 bits per heavy atom. The van der Waals surface area contributed by atoms with E-state index < -0.39 is 0 Å². The lowest BCUT2D eigenvalue weighted by Gasteiger charge is -2.15. The number of nitrogens with two attached hydrogens (primary N) is 1. The summed E-state index contributed by atoms with van der Waals surface area (Å²) in [6.07, 6.45) is 4.28. The highest BCUT2D eigenvalue weighted by atomic mass is 16.1. The topological polar surface area (TPSA) is 72.9 Å². The first kappa shape index (κ1) is 14.7. The van der Waals surface area contributed by atoms with E-state index in [1.165, 1.54) is 17.2 Å². The number of aromatic nitrogens is 2. The molecule has 2 aromatic heterocycles. The van der Waals surface area contributed by atoms with Crippen molar-refractivity contribution >= 4 is 5.82 Å². The molecule has 3 N–H and O–H groups in total. The van der Waals surface area contributed by atoms with Gasteiger partial charge in [-0.15, -0.1) is 0 Å². The predicted octanol–water partition coefficient (Wildman–Crippen LogP) is 2.79. The van der Waals surface area contributed by atoms with Crippen LogP contribution in [-0.2, 0) is 0 Å². The molecule has 3 aromatic rings. The number of fused-ring (bicyclic) bond motifs is 1. The van der Waals surface area contributed by atoms with Crippen molar-refractivity contribution in [2.75, 3.05) is 5.32 Å². The first-order valence-electron chi connectivity index (χ1n) is 7.97. The van der Waals surface area contributed by atoms with E-state index in [0.717, 1.165) is 17.9 Å². The zero-order valence-electron chi connectivity index (χ0n) is 13.1. The summed E-state index contributed by atoms with van der Waals surface area (Å²) in [7, 11) is 0. The number of benzene rings is 1. The average Bonchev–Trinajstić information content (AvgIpc) is 2.93. The lowest BCUT2D eigenvalue weighted by molar-refractivity contribution is 0.647. The first-order chi connectivity index (χ1) is 11.7. The molecule has 24 heavy (non-hydrogen) atoms. The van der Waals surface area contributed by atoms with Crippen molar-refractivity contribution < 1.29 is 0 Å². The Morgan fingerprint density at radius 2 is 1.83 bits per heavy atom. The molecule has 1 aliphatic carbocycles. The largest absolute Gasteiger partial charge is 0.363 e. The molecule has 0 saturated carbocycles. The van der Waals surface area contributed by atoms with E-state index in [4.69, 9.17) is 5.73 Å². The van der Waals surface area contributed by atoms with E-state index in [1.807, 2.05) is 30.3 Å². The normalized spacial score (nSPS) is 19.0. The van der Waals surface area contributed by atoms with Gasteiger partial charge < -0.3 is 11.1 Å². The summed E-state index contributed by atoms with van der Waals surface area (Å²) in [4.78, 5) is 16.3. The fourth-order valence-electron chi connectivity index (χ4n) is 3.24. The van der Waals surface area contributed by atoms with Crippen molar-refractivity contribution in [1.29, 1.82) is 0 Å². The van der Waals surface area contributed by atoms with E-state index in [0.29, 0.717) is 0 Å². The summed E-state index contributed by atoms with van der Waals surface area (Å²) in [5.41, 5.74) is 9.31. The molecule has 1 unspecified atom stereocenters. The molecule has 0 fully saturated rings. The number of rotatable bonds is 3. The Labute approximate surface area is 139 Å². The van der Waals surface area contributed by atoms with Crippen molar-refractivity contribution in [1.82, 2.24) is 9.55 Å². The number of anilines is 1. The molecule has 0 saturated heterocycles. The van der Waals surface area contributed by atoms with Gasteiger partial charge in [0.25, 0.3) is 5.56 Å². The SMILES string of the molecule is NC1C[C@@H](Nc2ccc(-n3ccccc3=O)cn2)c2ccccc21. The Kier molecular flexibility index (Phi) is 3.63. The van der Waals surface area contributed by atoms with Crippen molar-refractivity contribution in [2.45, 2.75) is 18.5 Å². The Hall–Kier alpha value is -2.92. The van der Waals surface area contributed by atoms with Crippen LogP contribution >= 0.6 is 0 Å². The standard InChI is InChI=1S/C19H18N4O/c20-16-11-17(15-6-2-1-5-14(15)16)22-18-9-8-13(12-21-18)23-10-4-3-7-19(23)24/h1-10,12,16-17H,11,20H2,(H,21,22)/t16?,17-/m1/s1. The Balaban J connectivity index is 1.57. The fraction of sp³-hybridized carbons (Fsp3) is 0.158.